The number of aryl methyl sites for hydroxylation is 1. The fraction of sp³-hybridized carbons (Fsp3) is 0.0588. The van der Waals surface area contributed by atoms with E-state index in [9.17, 15) is 4.39 Å². The molecule has 4 heteroatoms. The molecule has 0 radical (unpaired) electrons. The first-order valence-electron chi connectivity index (χ1n) is 6.40. The maximum Gasteiger partial charge on any atom is 0.124 e. The Morgan fingerprint density at radius 1 is 1.19 bits per heavy atom. The summed E-state index contributed by atoms with van der Waals surface area (Å²) in [7, 11) is 0. The molecule has 0 unspecified atom stereocenters. The highest BCUT2D eigenvalue weighted by Gasteiger charge is 2.09. The Kier molecular flexibility index (Phi) is 3.51. The molecule has 0 fully saturated rings. The molecule has 1 heterocycles. The van der Waals surface area contributed by atoms with Crippen molar-refractivity contribution in [2.75, 3.05) is 0 Å². The molecule has 3 aromatic rings. The van der Waals surface area contributed by atoms with Crippen LogP contribution in [0, 0.1) is 24.1 Å². The lowest BCUT2D eigenvalue weighted by molar-refractivity contribution is 0.627. The van der Waals surface area contributed by atoms with Crippen LogP contribution >= 0.6 is 11.3 Å². The molecule has 0 aliphatic carbocycles. The summed E-state index contributed by atoms with van der Waals surface area (Å²) in [5.41, 5.74) is 4.15. The minimum Gasteiger partial charge on any atom is -0.236 e. The van der Waals surface area contributed by atoms with Crippen molar-refractivity contribution >= 4 is 11.3 Å². The standard InChI is InChI=1S/C17H11FN2S/c1-11-7-14(18)5-6-15(11)17-20-16(10-21-17)13-4-2-3-12(8-13)9-19/h2-8,10H,1H3. The van der Waals surface area contributed by atoms with E-state index in [4.69, 9.17) is 5.26 Å². The highest BCUT2D eigenvalue weighted by atomic mass is 32.1. The molecule has 0 saturated carbocycles. The van der Waals surface area contributed by atoms with E-state index in [1.807, 2.05) is 30.5 Å². The van der Waals surface area contributed by atoms with Gasteiger partial charge in [0.1, 0.15) is 10.8 Å². The summed E-state index contributed by atoms with van der Waals surface area (Å²) in [6.07, 6.45) is 0. The van der Waals surface area contributed by atoms with Crippen molar-refractivity contribution in [2.24, 2.45) is 0 Å². The average molecular weight is 294 g/mol. The first-order valence-corrected chi connectivity index (χ1v) is 7.28. The number of hydrogen-bond donors (Lipinski definition) is 0. The van der Waals surface area contributed by atoms with Gasteiger partial charge in [-0.2, -0.15) is 5.26 Å². The molecule has 102 valence electrons. The highest BCUT2D eigenvalue weighted by molar-refractivity contribution is 7.13. The van der Waals surface area contributed by atoms with Gasteiger partial charge in [0.15, 0.2) is 0 Å². The van der Waals surface area contributed by atoms with Crippen molar-refractivity contribution in [2.45, 2.75) is 6.92 Å². The number of thiazole rings is 1. The lowest BCUT2D eigenvalue weighted by Gasteiger charge is -2.02. The molecule has 0 bridgehead atoms. The van der Waals surface area contributed by atoms with Gasteiger partial charge in [-0.25, -0.2) is 9.37 Å². The second kappa shape index (κ2) is 5.47. The minimum absolute atomic E-state index is 0.241. The van der Waals surface area contributed by atoms with Gasteiger partial charge in [0.25, 0.3) is 0 Å². The Labute approximate surface area is 126 Å². The fourth-order valence-corrected chi connectivity index (χ4v) is 3.06. The number of aromatic nitrogens is 1. The van der Waals surface area contributed by atoms with Crippen LogP contribution in [0.2, 0.25) is 0 Å². The second-order valence-electron chi connectivity index (χ2n) is 4.69. The minimum atomic E-state index is -0.241. The molecule has 21 heavy (non-hydrogen) atoms. The van der Waals surface area contributed by atoms with E-state index in [0.29, 0.717) is 5.56 Å². The summed E-state index contributed by atoms with van der Waals surface area (Å²) >= 11 is 1.51. The van der Waals surface area contributed by atoms with Crippen LogP contribution in [-0.4, -0.2) is 4.98 Å². The predicted octanol–water partition coefficient (Wildman–Crippen LogP) is 4.80. The third-order valence-corrected chi connectivity index (χ3v) is 4.09. The van der Waals surface area contributed by atoms with Gasteiger partial charge in [-0.05, 0) is 42.8 Å². The Bertz CT molecular complexity index is 846. The molecular formula is C17H11FN2S. The summed E-state index contributed by atoms with van der Waals surface area (Å²) in [6, 6.07) is 14.2. The SMILES string of the molecule is Cc1cc(F)ccc1-c1nc(-c2cccc(C#N)c2)cs1. The van der Waals surface area contributed by atoms with Crippen LogP contribution < -0.4 is 0 Å². The zero-order valence-electron chi connectivity index (χ0n) is 11.3. The maximum absolute atomic E-state index is 13.2. The Balaban J connectivity index is 2.02. The van der Waals surface area contributed by atoms with E-state index in [1.165, 1.54) is 23.5 Å². The second-order valence-corrected chi connectivity index (χ2v) is 5.55. The summed E-state index contributed by atoms with van der Waals surface area (Å²) in [4.78, 5) is 4.60. The van der Waals surface area contributed by atoms with E-state index < -0.39 is 0 Å². The number of benzene rings is 2. The first-order chi connectivity index (χ1) is 10.2. The van der Waals surface area contributed by atoms with E-state index in [-0.39, 0.29) is 5.82 Å². The highest BCUT2D eigenvalue weighted by Crippen LogP contribution is 2.31. The van der Waals surface area contributed by atoms with Crippen LogP contribution in [0.15, 0.2) is 47.8 Å². The molecule has 1 aromatic heterocycles. The lowest BCUT2D eigenvalue weighted by Crippen LogP contribution is -1.85. The monoisotopic (exact) mass is 294 g/mol. The molecule has 2 aromatic carbocycles. The van der Waals surface area contributed by atoms with Crippen molar-refractivity contribution in [3.8, 4) is 27.9 Å². The molecular weight excluding hydrogens is 283 g/mol. The van der Waals surface area contributed by atoms with Crippen molar-refractivity contribution in [3.63, 3.8) is 0 Å². The average Bonchev–Trinajstić information content (AvgIpc) is 2.97. The molecule has 0 atom stereocenters. The number of nitriles is 1. The van der Waals surface area contributed by atoms with Crippen molar-refractivity contribution in [3.05, 3.63) is 64.8 Å². The van der Waals surface area contributed by atoms with Gasteiger partial charge in [0, 0.05) is 16.5 Å². The van der Waals surface area contributed by atoms with Gasteiger partial charge in [0.05, 0.1) is 17.3 Å². The van der Waals surface area contributed by atoms with Crippen molar-refractivity contribution < 1.29 is 4.39 Å². The number of hydrogen-bond acceptors (Lipinski definition) is 3. The van der Waals surface area contributed by atoms with E-state index in [0.717, 1.165) is 27.4 Å². The van der Waals surface area contributed by atoms with Gasteiger partial charge >= 0.3 is 0 Å². The molecule has 0 saturated heterocycles. The number of halogens is 1. The van der Waals surface area contributed by atoms with Crippen LogP contribution in [0.25, 0.3) is 21.8 Å². The molecule has 3 rings (SSSR count). The predicted molar refractivity (Wildman–Crippen MR) is 82.4 cm³/mol. The molecule has 0 amide bonds. The third kappa shape index (κ3) is 2.69. The molecule has 0 spiro atoms. The summed E-state index contributed by atoms with van der Waals surface area (Å²) < 4.78 is 13.2. The Morgan fingerprint density at radius 3 is 2.81 bits per heavy atom. The summed E-state index contributed by atoms with van der Waals surface area (Å²) in [6.45, 7) is 1.87. The van der Waals surface area contributed by atoms with E-state index in [2.05, 4.69) is 11.1 Å². The summed E-state index contributed by atoms with van der Waals surface area (Å²) in [5.74, 6) is -0.241. The largest absolute Gasteiger partial charge is 0.236 e. The molecule has 0 N–H and O–H groups in total. The van der Waals surface area contributed by atoms with Crippen LogP contribution in [0.5, 0.6) is 0 Å². The van der Waals surface area contributed by atoms with E-state index in [1.54, 1.807) is 12.1 Å². The van der Waals surface area contributed by atoms with Gasteiger partial charge in [-0.1, -0.05) is 12.1 Å². The smallest absolute Gasteiger partial charge is 0.124 e. The van der Waals surface area contributed by atoms with Crippen LogP contribution in [0.1, 0.15) is 11.1 Å². The van der Waals surface area contributed by atoms with Crippen molar-refractivity contribution in [1.82, 2.24) is 4.98 Å². The van der Waals surface area contributed by atoms with Gasteiger partial charge in [0.2, 0.25) is 0 Å². The van der Waals surface area contributed by atoms with Gasteiger partial charge in [-0.15, -0.1) is 11.3 Å². The maximum atomic E-state index is 13.2. The molecule has 0 aliphatic heterocycles. The summed E-state index contributed by atoms with van der Waals surface area (Å²) in [5, 5.41) is 11.8. The normalized spacial score (nSPS) is 10.3. The van der Waals surface area contributed by atoms with Gasteiger partial charge < -0.3 is 0 Å². The molecule has 2 nitrogen and oxygen atoms in total. The van der Waals surface area contributed by atoms with E-state index >= 15 is 0 Å². The van der Waals surface area contributed by atoms with Crippen LogP contribution in [0.3, 0.4) is 0 Å². The van der Waals surface area contributed by atoms with Crippen LogP contribution in [-0.2, 0) is 0 Å². The number of rotatable bonds is 2. The zero-order valence-corrected chi connectivity index (χ0v) is 12.1. The first kappa shape index (κ1) is 13.5. The quantitative estimate of drug-likeness (QED) is 0.681. The number of nitrogens with zero attached hydrogens (tertiary/aromatic N) is 2. The Morgan fingerprint density at radius 2 is 2.05 bits per heavy atom. The van der Waals surface area contributed by atoms with Crippen molar-refractivity contribution in [1.29, 1.82) is 5.26 Å². The van der Waals surface area contributed by atoms with Crippen LogP contribution in [0.4, 0.5) is 4.39 Å². The Hall–Kier alpha value is -2.51. The molecule has 0 aliphatic rings. The topological polar surface area (TPSA) is 36.7 Å². The fourth-order valence-electron chi connectivity index (χ4n) is 2.15. The zero-order chi connectivity index (χ0) is 14.8. The lowest BCUT2D eigenvalue weighted by atomic mass is 10.1. The van der Waals surface area contributed by atoms with Gasteiger partial charge in [-0.3, -0.25) is 0 Å². The third-order valence-electron chi connectivity index (χ3n) is 3.21.